The van der Waals surface area contributed by atoms with Crippen molar-refractivity contribution in [3.8, 4) is 11.5 Å². The van der Waals surface area contributed by atoms with E-state index in [4.69, 9.17) is 13.9 Å². The van der Waals surface area contributed by atoms with E-state index in [1.165, 1.54) is 19.2 Å². The summed E-state index contributed by atoms with van der Waals surface area (Å²) in [7, 11) is 1.47. The summed E-state index contributed by atoms with van der Waals surface area (Å²) in [5.74, 6) is -0.450. The molecule has 1 heterocycles. The van der Waals surface area contributed by atoms with Crippen molar-refractivity contribution in [1.29, 1.82) is 0 Å². The first-order valence-corrected chi connectivity index (χ1v) is 9.23. The number of amides is 1. The summed E-state index contributed by atoms with van der Waals surface area (Å²) in [6.07, 6.45) is -0.0416. The smallest absolute Gasteiger partial charge is 0.336 e. The molecular formula is C22H21NO7. The summed E-state index contributed by atoms with van der Waals surface area (Å²) in [6, 6.07) is 11.1. The van der Waals surface area contributed by atoms with Gasteiger partial charge in [-0.15, -0.1) is 0 Å². The predicted octanol–water partition coefficient (Wildman–Crippen LogP) is 2.68. The average Bonchev–Trinajstić information content (AvgIpc) is 2.74. The van der Waals surface area contributed by atoms with E-state index in [0.29, 0.717) is 27.8 Å². The minimum atomic E-state index is -0.605. The Morgan fingerprint density at radius 1 is 1.17 bits per heavy atom. The Hall–Kier alpha value is -3.81. The van der Waals surface area contributed by atoms with Gasteiger partial charge in [0.25, 0.3) is 5.91 Å². The van der Waals surface area contributed by atoms with Gasteiger partial charge >= 0.3 is 11.6 Å². The minimum Gasteiger partial charge on any atom is -0.508 e. The summed E-state index contributed by atoms with van der Waals surface area (Å²) >= 11 is 0. The van der Waals surface area contributed by atoms with Crippen LogP contribution in [0.5, 0.6) is 11.5 Å². The lowest BCUT2D eigenvalue weighted by Gasteiger charge is -2.10. The zero-order chi connectivity index (χ0) is 21.7. The number of aryl methyl sites for hydroxylation is 1. The van der Waals surface area contributed by atoms with Crippen molar-refractivity contribution < 1.29 is 28.6 Å². The molecule has 0 fully saturated rings. The number of benzene rings is 2. The maximum Gasteiger partial charge on any atom is 0.336 e. The highest BCUT2D eigenvalue weighted by atomic mass is 16.5. The summed E-state index contributed by atoms with van der Waals surface area (Å²) < 4.78 is 15.5. The van der Waals surface area contributed by atoms with Crippen LogP contribution < -0.4 is 15.7 Å². The van der Waals surface area contributed by atoms with Crippen molar-refractivity contribution in [1.82, 2.24) is 5.32 Å². The number of rotatable bonds is 7. The third-order valence-corrected chi connectivity index (χ3v) is 4.57. The van der Waals surface area contributed by atoms with Crippen LogP contribution in [-0.4, -0.2) is 30.6 Å². The van der Waals surface area contributed by atoms with Gasteiger partial charge in [-0.3, -0.25) is 9.59 Å². The first-order valence-electron chi connectivity index (χ1n) is 9.23. The van der Waals surface area contributed by atoms with Gasteiger partial charge in [-0.05, 0) is 31.2 Å². The second-order valence-electron chi connectivity index (χ2n) is 6.54. The minimum absolute atomic E-state index is 0.00517. The number of methoxy groups -OCH3 is 1. The van der Waals surface area contributed by atoms with Gasteiger partial charge in [0.05, 0.1) is 19.1 Å². The molecule has 0 atom stereocenters. The number of phenolic OH excluding ortho intramolecular Hbond substituents is 1. The van der Waals surface area contributed by atoms with Crippen LogP contribution >= 0.6 is 0 Å². The molecule has 0 saturated carbocycles. The number of esters is 1. The average molecular weight is 411 g/mol. The SMILES string of the molecule is COc1ccccc1C(=O)NCCC(=O)OCc1cc(=O)oc2c(C)c(O)ccc12. The number of phenols is 1. The van der Waals surface area contributed by atoms with Crippen LogP contribution in [0.3, 0.4) is 0 Å². The molecule has 1 amide bonds. The largest absolute Gasteiger partial charge is 0.508 e. The third-order valence-electron chi connectivity index (χ3n) is 4.57. The molecule has 0 bridgehead atoms. The van der Waals surface area contributed by atoms with E-state index < -0.39 is 11.6 Å². The lowest BCUT2D eigenvalue weighted by Crippen LogP contribution is -2.26. The summed E-state index contributed by atoms with van der Waals surface area (Å²) in [5.41, 5.74) is 0.908. The quantitative estimate of drug-likeness (QED) is 0.454. The maximum absolute atomic E-state index is 12.2. The molecule has 0 saturated heterocycles. The van der Waals surface area contributed by atoms with Crippen LogP contribution in [0.15, 0.2) is 51.7 Å². The fraction of sp³-hybridized carbons (Fsp3) is 0.227. The molecular weight excluding hydrogens is 390 g/mol. The number of carbonyl (C=O) groups excluding carboxylic acids is 2. The molecule has 0 unspecified atom stereocenters. The molecule has 1 aromatic heterocycles. The molecule has 0 aliphatic rings. The molecule has 0 aliphatic heterocycles. The normalized spacial score (nSPS) is 10.6. The van der Waals surface area contributed by atoms with E-state index in [1.54, 1.807) is 37.3 Å². The molecule has 0 spiro atoms. The van der Waals surface area contributed by atoms with Crippen molar-refractivity contribution in [2.24, 2.45) is 0 Å². The van der Waals surface area contributed by atoms with Gasteiger partial charge in [-0.2, -0.15) is 0 Å². The maximum atomic E-state index is 12.2. The molecule has 156 valence electrons. The van der Waals surface area contributed by atoms with Gasteiger partial charge in [0.2, 0.25) is 0 Å². The molecule has 2 aromatic carbocycles. The van der Waals surface area contributed by atoms with Gasteiger partial charge < -0.3 is 24.3 Å². The second kappa shape index (κ2) is 9.13. The van der Waals surface area contributed by atoms with Crippen molar-refractivity contribution in [3.05, 3.63) is 69.6 Å². The Morgan fingerprint density at radius 2 is 1.93 bits per heavy atom. The van der Waals surface area contributed by atoms with Crippen LogP contribution in [0.2, 0.25) is 0 Å². The van der Waals surface area contributed by atoms with Crippen LogP contribution in [0.25, 0.3) is 11.0 Å². The highest BCUT2D eigenvalue weighted by molar-refractivity contribution is 5.97. The van der Waals surface area contributed by atoms with Crippen molar-refractivity contribution in [2.45, 2.75) is 20.0 Å². The Morgan fingerprint density at radius 3 is 2.70 bits per heavy atom. The molecule has 2 N–H and O–H groups in total. The van der Waals surface area contributed by atoms with Gasteiger partial charge in [-0.1, -0.05) is 12.1 Å². The van der Waals surface area contributed by atoms with Gasteiger partial charge in [0, 0.05) is 29.1 Å². The van der Waals surface area contributed by atoms with Gasteiger partial charge in [-0.25, -0.2) is 4.79 Å². The Labute approximate surface area is 172 Å². The number of hydrogen-bond acceptors (Lipinski definition) is 7. The first-order chi connectivity index (χ1) is 14.4. The molecule has 3 aromatic rings. The topological polar surface area (TPSA) is 115 Å². The predicted molar refractivity (Wildman–Crippen MR) is 109 cm³/mol. The van der Waals surface area contributed by atoms with Crippen LogP contribution in [0, 0.1) is 6.92 Å². The lowest BCUT2D eigenvalue weighted by atomic mass is 10.1. The van der Waals surface area contributed by atoms with Crippen molar-refractivity contribution in [2.75, 3.05) is 13.7 Å². The third kappa shape index (κ3) is 4.60. The monoisotopic (exact) mass is 411 g/mol. The molecule has 0 aliphatic carbocycles. The van der Waals surface area contributed by atoms with E-state index in [2.05, 4.69) is 5.32 Å². The number of aromatic hydroxyl groups is 1. The van der Waals surface area contributed by atoms with Gasteiger partial charge in [0.1, 0.15) is 23.7 Å². The fourth-order valence-electron chi connectivity index (χ4n) is 2.97. The summed E-state index contributed by atoms with van der Waals surface area (Å²) in [5, 5.41) is 13.0. The van der Waals surface area contributed by atoms with Crippen LogP contribution in [0.4, 0.5) is 0 Å². The number of ether oxygens (including phenoxy) is 2. The van der Waals surface area contributed by atoms with Crippen LogP contribution in [0.1, 0.15) is 27.9 Å². The second-order valence-corrected chi connectivity index (χ2v) is 6.54. The fourth-order valence-corrected chi connectivity index (χ4v) is 2.97. The Balaban J connectivity index is 1.58. The standard InChI is InChI=1S/C22H21NO7/c1-13-17(24)8-7-15-14(11-20(26)30-21(13)15)12-29-19(25)9-10-23-22(27)16-5-3-4-6-18(16)28-2/h3-8,11,24H,9-10,12H2,1-2H3,(H,23,27). The molecule has 0 radical (unpaired) electrons. The van der Waals surface area contributed by atoms with E-state index in [0.717, 1.165) is 0 Å². The summed E-state index contributed by atoms with van der Waals surface area (Å²) in [6.45, 7) is 1.58. The number of hydrogen-bond donors (Lipinski definition) is 2. The number of carbonyl (C=O) groups is 2. The van der Waals surface area contributed by atoms with Gasteiger partial charge in [0.15, 0.2) is 0 Å². The van der Waals surface area contributed by atoms with Crippen molar-refractivity contribution >= 4 is 22.8 Å². The molecule has 3 rings (SSSR count). The highest BCUT2D eigenvalue weighted by Crippen LogP contribution is 2.27. The number of nitrogens with one attached hydrogen (secondary N) is 1. The van der Waals surface area contributed by atoms with E-state index in [9.17, 15) is 19.5 Å². The summed E-state index contributed by atoms with van der Waals surface area (Å²) in [4.78, 5) is 36.1. The van der Waals surface area contributed by atoms with Crippen LogP contribution in [-0.2, 0) is 16.1 Å². The molecule has 8 nitrogen and oxygen atoms in total. The first kappa shape index (κ1) is 20.9. The molecule has 30 heavy (non-hydrogen) atoms. The molecule has 8 heteroatoms. The zero-order valence-corrected chi connectivity index (χ0v) is 16.6. The Kier molecular flexibility index (Phi) is 6.36. The number of fused-ring (bicyclic) bond motifs is 1. The Bertz CT molecular complexity index is 1150. The van der Waals surface area contributed by atoms with E-state index >= 15 is 0 Å². The zero-order valence-electron chi connectivity index (χ0n) is 16.6. The van der Waals surface area contributed by atoms with E-state index in [-0.39, 0.29) is 36.8 Å². The highest BCUT2D eigenvalue weighted by Gasteiger charge is 2.14. The van der Waals surface area contributed by atoms with E-state index in [1.807, 2.05) is 0 Å². The number of para-hydroxylation sites is 1. The van der Waals surface area contributed by atoms with Crippen molar-refractivity contribution in [3.63, 3.8) is 0 Å². The lowest BCUT2D eigenvalue weighted by molar-refractivity contribution is -0.144.